The molecule has 210 valence electrons. The summed E-state index contributed by atoms with van der Waals surface area (Å²) in [6.07, 6.45) is 3.24. The lowest BCUT2D eigenvalue weighted by atomic mass is 9.93. The molecule has 1 saturated heterocycles. The van der Waals surface area contributed by atoms with E-state index < -0.39 is 5.97 Å². The van der Waals surface area contributed by atoms with Gasteiger partial charge in [0.05, 0.1) is 31.6 Å². The van der Waals surface area contributed by atoms with Crippen LogP contribution < -0.4 is 10.1 Å². The maximum Gasteiger partial charge on any atom is 0.341 e. The van der Waals surface area contributed by atoms with Crippen LogP contribution in [-0.4, -0.2) is 87.4 Å². The number of fused-ring (bicyclic) bond motifs is 1. The highest BCUT2D eigenvalue weighted by molar-refractivity contribution is 6.05. The van der Waals surface area contributed by atoms with Crippen LogP contribution in [0.25, 0.3) is 0 Å². The van der Waals surface area contributed by atoms with Crippen LogP contribution in [0, 0.1) is 6.92 Å². The number of ether oxygens (including phenoxy) is 4. The number of urea groups is 1. The summed E-state index contributed by atoms with van der Waals surface area (Å²) in [5.74, 6) is -0.0715. The van der Waals surface area contributed by atoms with Gasteiger partial charge in [0.15, 0.2) is 0 Å². The van der Waals surface area contributed by atoms with Crippen LogP contribution in [0.5, 0.6) is 5.75 Å². The Balaban J connectivity index is 1.71. The van der Waals surface area contributed by atoms with E-state index in [9.17, 15) is 14.4 Å². The lowest BCUT2D eigenvalue weighted by Crippen LogP contribution is -2.38. The molecule has 10 nitrogen and oxygen atoms in total. The Morgan fingerprint density at radius 3 is 2.53 bits per heavy atom. The molecule has 10 heteroatoms. The predicted molar refractivity (Wildman–Crippen MR) is 144 cm³/mol. The molecule has 2 amide bonds. The molecule has 2 aliphatic heterocycles. The van der Waals surface area contributed by atoms with Crippen LogP contribution in [0.1, 0.15) is 60.7 Å². The molecule has 0 spiro atoms. The first-order valence-electron chi connectivity index (χ1n) is 13.4. The van der Waals surface area contributed by atoms with E-state index in [-0.39, 0.29) is 25.0 Å². The second kappa shape index (κ2) is 14.2. The Morgan fingerprint density at radius 2 is 1.87 bits per heavy atom. The van der Waals surface area contributed by atoms with Crippen LogP contribution in [0.15, 0.2) is 11.6 Å². The molecule has 1 N–H and O–H groups in total. The number of carbonyl (C=O) groups excluding carboxylic acids is 3. The second-order valence-electron chi connectivity index (χ2n) is 9.47. The largest absolute Gasteiger partial charge is 0.496 e. The average molecular weight is 532 g/mol. The zero-order chi connectivity index (χ0) is 27.7. The maximum atomic E-state index is 13.0. The van der Waals surface area contributed by atoms with Crippen molar-refractivity contribution in [1.82, 2.24) is 9.80 Å². The van der Waals surface area contributed by atoms with E-state index in [4.69, 9.17) is 18.9 Å². The van der Waals surface area contributed by atoms with Crippen molar-refractivity contribution in [2.75, 3.05) is 65.0 Å². The highest BCUT2D eigenvalue weighted by Gasteiger charge is 2.33. The number of hydrogen-bond acceptors (Lipinski definition) is 8. The third kappa shape index (κ3) is 7.26. The fourth-order valence-corrected chi connectivity index (χ4v) is 4.75. The minimum Gasteiger partial charge on any atom is -0.496 e. The van der Waals surface area contributed by atoms with Crippen LogP contribution in [-0.2, 0) is 32.0 Å². The number of morpholine rings is 1. The lowest BCUT2D eigenvalue weighted by Gasteiger charge is -2.26. The monoisotopic (exact) mass is 531 g/mol. The van der Waals surface area contributed by atoms with E-state index in [0.717, 1.165) is 29.8 Å². The highest BCUT2D eigenvalue weighted by atomic mass is 16.5. The highest BCUT2D eigenvalue weighted by Crippen LogP contribution is 2.41. The number of nitrogens with zero attached hydrogens (tertiary/aromatic N) is 2. The predicted octanol–water partition coefficient (Wildman–Crippen LogP) is 3.69. The summed E-state index contributed by atoms with van der Waals surface area (Å²) in [5, 5.41) is 2.96. The molecule has 2 aliphatic rings. The van der Waals surface area contributed by atoms with Crippen molar-refractivity contribution in [1.29, 1.82) is 0 Å². The Hall–Kier alpha value is -3.11. The number of amides is 2. The van der Waals surface area contributed by atoms with E-state index in [1.54, 1.807) is 12.0 Å². The molecule has 38 heavy (non-hydrogen) atoms. The number of allylic oxidation sites excluding steroid dienone is 2. The maximum absolute atomic E-state index is 13.0. The van der Waals surface area contributed by atoms with Crippen molar-refractivity contribution in [3.05, 3.63) is 33.9 Å². The van der Waals surface area contributed by atoms with Crippen LogP contribution in [0.3, 0.4) is 0 Å². The van der Waals surface area contributed by atoms with Gasteiger partial charge in [-0.25, -0.2) is 9.59 Å². The number of rotatable bonds is 12. The zero-order valence-corrected chi connectivity index (χ0v) is 23.3. The summed E-state index contributed by atoms with van der Waals surface area (Å²) in [7, 11) is 1.58. The Kier molecular flexibility index (Phi) is 11.0. The molecule has 0 saturated carbocycles. The molecule has 1 aromatic carbocycles. The Morgan fingerprint density at radius 1 is 1.16 bits per heavy atom. The van der Waals surface area contributed by atoms with Crippen molar-refractivity contribution >= 4 is 23.7 Å². The van der Waals surface area contributed by atoms with E-state index in [0.29, 0.717) is 74.9 Å². The Bertz CT molecular complexity index is 1040. The van der Waals surface area contributed by atoms with E-state index >= 15 is 0 Å². The van der Waals surface area contributed by atoms with Gasteiger partial charge in [0.25, 0.3) is 0 Å². The van der Waals surface area contributed by atoms with Gasteiger partial charge in [-0.15, -0.1) is 0 Å². The smallest absolute Gasteiger partial charge is 0.341 e. The number of hydrogen-bond donors (Lipinski definition) is 1. The third-order valence-corrected chi connectivity index (χ3v) is 7.11. The fraction of sp³-hybridized carbons (Fsp3) is 0.607. The van der Waals surface area contributed by atoms with E-state index in [1.807, 2.05) is 33.8 Å². The molecule has 0 aliphatic carbocycles. The van der Waals surface area contributed by atoms with Crippen molar-refractivity contribution < 1.29 is 33.3 Å². The number of nitrogens with one attached hydrogen (secondary N) is 1. The third-order valence-electron chi connectivity index (χ3n) is 7.11. The second-order valence-corrected chi connectivity index (χ2v) is 9.47. The SMILES string of the molecule is CCN(CC)C(=O)Nc1c(C/C=C(\C)CCC(=O)OCCN2CCOCC2)c(OC)c(C)c2c1C(=O)OC2. The first-order valence-corrected chi connectivity index (χ1v) is 13.4. The number of carbonyl (C=O) groups is 3. The van der Waals surface area contributed by atoms with Gasteiger partial charge >= 0.3 is 18.0 Å². The number of methoxy groups -OCH3 is 1. The van der Waals surface area contributed by atoms with Gasteiger partial charge in [0.2, 0.25) is 0 Å². The van der Waals surface area contributed by atoms with Gasteiger partial charge in [-0.1, -0.05) is 11.6 Å². The number of benzene rings is 1. The molecule has 1 aromatic rings. The summed E-state index contributed by atoms with van der Waals surface area (Å²) < 4.78 is 21.8. The lowest BCUT2D eigenvalue weighted by molar-refractivity contribution is -0.144. The van der Waals surface area contributed by atoms with Gasteiger partial charge < -0.3 is 29.2 Å². The first-order chi connectivity index (χ1) is 18.3. The quantitative estimate of drug-likeness (QED) is 0.322. The van der Waals surface area contributed by atoms with E-state index in [2.05, 4.69) is 10.2 Å². The van der Waals surface area contributed by atoms with Crippen molar-refractivity contribution in [2.45, 2.75) is 53.6 Å². The fourth-order valence-electron chi connectivity index (χ4n) is 4.75. The number of cyclic esters (lactones) is 1. The molecule has 0 radical (unpaired) electrons. The summed E-state index contributed by atoms with van der Waals surface area (Å²) in [4.78, 5) is 41.8. The zero-order valence-electron chi connectivity index (χ0n) is 23.3. The molecule has 0 aromatic heterocycles. The van der Waals surface area contributed by atoms with Crippen molar-refractivity contribution in [2.24, 2.45) is 0 Å². The van der Waals surface area contributed by atoms with Crippen LogP contribution in [0.2, 0.25) is 0 Å². The first kappa shape index (κ1) is 29.4. The van der Waals surface area contributed by atoms with Gasteiger partial charge in [-0.3, -0.25) is 9.69 Å². The van der Waals surface area contributed by atoms with Gasteiger partial charge in [0, 0.05) is 50.3 Å². The molecular weight excluding hydrogens is 490 g/mol. The molecular formula is C28H41N3O7. The Labute approximate surface area is 225 Å². The number of anilines is 1. The van der Waals surface area contributed by atoms with Crippen LogP contribution >= 0.6 is 0 Å². The molecule has 0 bridgehead atoms. The van der Waals surface area contributed by atoms with Gasteiger partial charge in [-0.2, -0.15) is 0 Å². The molecule has 2 heterocycles. The summed E-state index contributed by atoms with van der Waals surface area (Å²) in [6.45, 7) is 13.1. The van der Waals surface area contributed by atoms with E-state index in [1.165, 1.54) is 0 Å². The number of esters is 2. The van der Waals surface area contributed by atoms with Crippen molar-refractivity contribution in [3.8, 4) is 5.75 Å². The van der Waals surface area contributed by atoms with Gasteiger partial charge in [0.1, 0.15) is 19.0 Å². The minimum atomic E-state index is -0.456. The molecule has 0 atom stereocenters. The summed E-state index contributed by atoms with van der Waals surface area (Å²) in [5.41, 5.74) is 4.06. The molecule has 1 fully saturated rings. The molecule has 3 rings (SSSR count). The summed E-state index contributed by atoms with van der Waals surface area (Å²) in [6, 6.07) is -0.287. The average Bonchev–Trinajstić information content (AvgIpc) is 3.31. The van der Waals surface area contributed by atoms with Crippen molar-refractivity contribution in [3.63, 3.8) is 0 Å². The molecule has 0 unspecified atom stereocenters. The topological polar surface area (TPSA) is 107 Å². The standard InChI is InChI=1S/C28H41N3O7/c1-6-31(7-2)28(34)29-25-21(26(35-5)20(4)22-18-38-27(33)24(22)25)10-8-19(3)9-11-23(32)37-17-14-30-12-15-36-16-13-30/h8H,6-7,9-18H2,1-5H3,(H,29,34)/b19-8+. The van der Waals surface area contributed by atoms with Gasteiger partial charge in [-0.05, 0) is 46.1 Å². The minimum absolute atomic E-state index is 0.146. The normalized spacial score (nSPS) is 15.6. The van der Waals surface area contributed by atoms with Crippen LogP contribution in [0.4, 0.5) is 10.5 Å². The summed E-state index contributed by atoms with van der Waals surface area (Å²) >= 11 is 0.